The van der Waals surface area contributed by atoms with Crippen LogP contribution in [-0.4, -0.2) is 62.6 Å². The van der Waals surface area contributed by atoms with Gasteiger partial charge in [-0.3, -0.25) is 4.79 Å². The molecule has 4 rings (SSSR count). The first kappa shape index (κ1) is 17.9. The molecule has 1 saturated heterocycles. The summed E-state index contributed by atoms with van der Waals surface area (Å²) >= 11 is 0. The van der Waals surface area contributed by atoms with Gasteiger partial charge in [-0.25, -0.2) is 15.0 Å². The van der Waals surface area contributed by atoms with Crippen LogP contribution in [-0.2, 0) is 21.7 Å². The van der Waals surface area contributed by atoms with Crippen LogP contribution in [0.5, 0.6) is 0 Å². The van der Waals surface area contributed by atoms with E-state index in [0.29, 0.717) is 19.6 Å². The van der Waals surface area contributed by atoms with Crippen molar-refractivity contribution in [2.75, 3.05) is 31.1 Å². The molecule has 2 aliphatic heterocycles. The molecule has 1 amide bonds. The van der Waals surface area contributed by atoms with Crippen molar-refractivity contribution in [2.45, 2.75) is 44.9 Å². The Morgan fingerprint density at radius 3 is 2.56 bits per heavy atom. The fourth-order valence-electron chi connectivity index (χ4n) is 4.13. The molecule has 27 heavy (non-hydrogen) atoms. The number of nitrogens with zero attached hydrogens (tertiary/aromatic N) is 6. The molecular formula is C19H26N6O2. The molecule has 1 spiro atoms. The number of hydrogen-bond acceptors (Lipinski definition) is 6. The molecule has 144 valence electrons. The molecule has 0 bridgehead atoms. The lowest BCUT2D eigenvalue weighted by Gasteiger charge is -2.46. The highest BCUT2D eigenvalue weighted by atomic mass is 16.5. The van der Waals surface area contributed by atoms with E-state index >= 15 is 0 Å². The van der Waals surface area contributed by atoms with Crippen LogP contribution in [0, 0.1) is 0 Å². The van der Waals surface area contributed by atoms with Gasteiger partial charge in [-0.15, -0.1) is 0 Å². The van der Waals surface area contributed by atoms with E-state index in [4.69, 9.17) is 4.74 Å². The quantitative estimate of drug-likeness (QED) is 0.811. The number of imidazole rings is 1. The fourth-order valence-corrected chi connectivity index (χ4v) is 4.13. The maximum Gasteiger partial charge on any atom is 0.253 e. The number of fused-ring (bicyclic) bond motifs is 2. The van der Waals surface area contributed by atoms with E-state index in [0.717, 1.165) is 37.7 Å². The zero-order valence-electron chi connectivity index (χ0n) is 15.9. The van der Waals surface area contributed by atoms with E-state index in [1.54, 1.807) is 18.6 Å². The number of aromatic nitrogens is 4. The van der Waals surface area contributed by atoms with E-state index in [2.05, 4.69) is 24.4 Å². The van der Waals surface area contributed by atoms with Crippen LogP contribution in [0.25, 0.3) is 0 Å². The standard InChI is InChI=1S/C19H26N6O2/c1-3-23(4-2)16(26)15-14-25-13-10-20-17(25)19(27-15)6-11-24(12-7-19)18-21-8-5-9-22-18/h5,8-10,13,15H,3-4,6-7,11-12,14H2,1-2H3/t15-/m1/s1. The van der Waals surface area contributed by atoms with E-state index in [1.165, 1.54) is 0 Å². The predicted octanol–water partition coefficient (Wildman–Crippen LogP) is 1.44. The number of rotatable bonds is 4. The molecule has 0 aromatic carbocycles. The van der Waals surface area contributed by atoms with Crippen molar-refractivity contribution < 1.29 is 9.53 Å². The molecule has 0 radical (unpaired) electrons. The first-order valence-corrected chi connectivity index (χ1v) is 9.67. The Balaban J connectivity index is 1.56. The molecular weight excluding hydrogens is 344 g/mol. The third kappa shape index (κ3) is 3.18. The lowest BCUT2D eigenvalue weighted by molar-refractivity contribution is -0.175. The molecule has 0 saturated carbocycles. The predicted molar refractivity (Wildman–Crippen MR) is 100 cm³/mol. The van der Waals surface area contributed by atoms with Crippen molar-refractivity contribution in [3.63, 3.8) is 0 Å². The number of likely N-dealkylation sites (N-methyl/N-ethyl adjacent to an activating group) is 1. The number of carbonyl (C=O) groups is 1. The highest BCUT2D eigenvalue weighted by molar-refractivity contribution is 5.81. The molecule has 0 N–H and O–H groups in total. The topological polar surface area (TPSA) is 76.4 Å². The van der Waals surface area contributed by atoms with Gasteiger partial charge in [0.05, 0.1) is 6.54 Å². The Kier molecular flexibility index (Phi) is 4.82. The van der Waals surface area contributed by atoms with Gasteiger partial charge in [0.2, 0.25) is 5.95 Å². The van der Waals surface area contributed by atoms with Crippen LogP contribution in [0.4, 0.5) is 5.95 Å². The highest BCUT2D eigenvalue weighted by Gasteiger charge is 2.47. The summed E-state index contributed by atoms with van der Waals surface area (Å²) in [5.74, 6) is 1.73. The number of hydrogen-bond donors (Lipinski definition) is 0. The van der Waals surface area contributed by atoms with E-state index in [-0.39, 0.29) is 5.91 Å². The maximum absolute atomic E-state index is 12.9. The molecule has 2 aromatic rings. The number of ether oxygens (including phenoxy) is 1. The third-order valence-corrected chi connectivity index (χ3v) is 5.61. The van der Waals surface area contributed by atoms with Crippen LogP contribution in [0.15, 0.2) is 30.9 Å². The third-order valence-electron chi connectivity index (χ3n) is 5.61. The summed E-state index contributed by atoms with van der Waals surface area (Å²) in [6, 6.07) is 1.82. The van der Waals surface area contributed by atoms with Gasteiger partial charge in [0, 0.05) is 63.8 Å². The maximum atomic E-state index is 12.9. The van der Waals surface area contributed by atoms with Crippen molar-refractivity contribution in [3.05, 3.63) is 36.7 Å². The smallest absolute Gasteiger partial charge is 0.253 e. The second kappa shape index (κ2) is 7.26. The van der Waals surface area contributed by atoms with Gasteiger partial charge in [-0.2, -0.15) is 0 Å². The number of piperidine rings is 1. The Morgan fingerprint density at radius 1 is 1.19 bits per heavy atom. The van der Waals surface area contributed by atoms with Gasteiger partial charge in [-0.1, -0.05) is 0 Å². The minimum atomic E-state index is -0.527. The molecule has 2 aromatic heterocycles. The molecule has 8 heteroatoms. The number of amides is 1. The largest absolute Gasteiger partial charge is 0.352 e. The van der Waals surface area contributed by atoms with Gasteiger partial charge >= 0.3 is 0 Å². The first-order valence-electron chi connectivity index (χ1n) is 9.67. The fraction of sp³-hybridized carbons (Fsp3) is 0.579. The summed E-state index contributed by atoms with van der Waals surface area (Å²) in [5.41, 5.74) is -0.527. The minimum Gasteiger partial charge on any atom is -0.352 e. The molecule has 0 unspecified atom stereocenters. The van der Waals surface area contributed by atoms with Crippen LogP contribution in [0.1, 0.15) is 32.5 Å². The van der Waals surface area contributed by atoms with Crippen molar-refractivity contribution >= 4 is 11.9 Å². The van der Waals surface area contributed by atoms with Gasteiger partial charge in [0.15, 0.2) is 6.10 Å². The zero-order chi connectivity index (χ0) is 18.9. The normalized spacial score (nSPS) is 21.1. The Morgan fingerprint density at radius 2 is 1.89 bits per heavy atom. The highest BCUT2D eigenvalue weighted by Crippen LogP contribution is 2.40. The van der Waals surface area contributed by atoms with Crippen LogP contribution in [0.2, 0.25) is 0 Å². The lowest BCUT2D eigenvalue weighted by atomic mass is 9.88. The SMILES string of the molecule is CCN(CC)C(=O)[C@H]1Cn2ccnc2C2(CCN(c3ncccn3)CC2)O1. The van der Waals surface area contributed by atoms with Gasteiger partial charge < -0.3 is 19.1 Å². The van der Waals surface area contributed by atoms with Crippen molar-refractivity contribution in [2.24, 2.45) is 0 Å². The summed E-state index contributed by atoms with van der Waals surface area (Å²) < 4.78 is 8.58. The molecule has 2 aliphatic rings. The van der Waals surface area contributed by atoms with E-state index in [1.807, 2.05) is 31.0 Å². The monoisotopic (exact) mass is 370 g/mol. The van der Waals surface area contributed by atoms with Crippen molar-refractivity contribution in [3.8, 4) is 0 Å². The summed E-state index contributed by atoms with van der Waals surface area (Å²) in [7, 11) is 0. The average molecular weight is 370 g/mol. The molecule has 4 heterocycles. The minimum absolute atomic E-state index is 0.0625. The average Bonchev–Trinajstić information content (AvgIpc) is 3.20. The number of carbonyl (C=O) groups excluding carboxylic acids is 1. The van der Waals surface area contributed by atoms with E-state index < -0.39 is 11.7 Å². The van der Waals surface area contributed by atoms with Crippen LogP contribution >= 0.6 is 0 Å². The lowest BCUT2D eigenvalue weighted by Crippen LogP contribution is -2.54. The summed E-state index contributed by atoms with van der Waals surface area (Å²) in [4.78, 5) is 30.2. The van der Waals surface area contributed by atoms with Crippen LogP contribution in [0.3, 0.4) is 0 Å². The first-order chi connectivity index (χ1) is 13.2. The van der Waals surface area contributed by atoms with Gasteiger partial charge in [0.1, 0.15) is 11.4 Å². The summed E-state index contributed by atoms with van der Waals surface area (Å²) in [5, 5.41) is 0. The molecule has 1 atom stereocenters. The van der Waals surface area contributed by atoms with Crippen molar-refractivity contribution in [1.82, 2.24) is 24.4 Å². The van der Waals surface area contributed by atoms with Gasteiger partial charge in [0.25, 0.3) is 5.91 Å². The van der Waals surface area contributed by atoms with E-state index in [9.17, 15) is 4.79 Å². The Hall–Kier alpha value is -2.48. The Labute approximate surface area is 159 Å². The second-order valence-electron chi connectivity index (χ2n) is 7.05. The van der Waals surface area contributed by atoms with Crippen molar-refractivity contribution in [1.29, 1.82) is 0 Å². The number of anilines is 1. The van der Waals surface area contributed by atoms with Gasteiger partial charge in [-0.05, 0) is 19.9 Å². The summed E-state index contributed by atoms with van der Waals surface area (Å²) in [6.07, 6.45) is 8.32. The Bertz CT molecular complexity index is 781. The molecule has 0 aliphatic carbocycles. The zero-order valence-corrected chi connectivity index (χ0v) is 15.9. The van der Waals surface area contributed by atoms with Crippen LogP contribution < -0.4 is 4.90 Å². The summed E-state index contributed by atoms with van der Waals surface area (Å²) in [6.45, 7) is 7.45. The molecule has 1 fully saturated rings. The molecule has 8 nitrogen and oxygen atoms in total. The second-order valence-corrected chi connectivity index (χ2v) is 7.05.